The summed E-state index contributed by atoms with van der Waals surface area (Å²) in [5.74, 6) is -0.203. The fourth-order valence-corrected chi connectivity index (χ4v) is 3.56. The number of amides is 2. The summed E-state index contributed by atoms with van der Waals surface area (Å²) in [4.78, 5) is 24.0. The number of rotatable bonds is 4. The van der Waals surface area contributed by atoms with Crippen LogP contribution in [0.2, 0.25) is 0 Å². The maximum Gasteiger partial charge on any atom is 0.265 e. The molecule has 1 heterocycles. The van der Waals surface area contributed by atoms with Crippen LogP contribution in [-0.4, -0.2) is 18.9 Å². The predicted molar refractivity (Wildman–Crippen MR) is 91.9 cm³/mol. The summed E-state index contributed by atoms with van der Waals surface area (Å²) >= 11 is 8.08. The SMILES string of the molecule is CNC(=O)Cc1ccc(NC(=O)c2cc(Br)c(Br)s2)cc1. The first-order valence-electron chi connectivity index (χ1n) is 6.05. The van der Waals surface area contributed by atoms with Gasteiger partial charge in [0, 0.05) is 17.2 Å². The molecule has 1 aromatic carbocycles. The Hall–Kier alpha value is -1.18. The fraction of sp³-hybridized carbons (Fsp3) is 0.143. The van der Waals surface area contributed by atoms with Gasteiger partial charge < -0.3 is 10.6 Å². The summed E-state index contributed by atoms with van der Waals surface area (Å²) in [5, 5.41) is 5.40. The number of likely N-dealkylation sites (N-methyl/N-ethyl adjacent to an activating group) is 1. The molecule has 21 heavy (non-hydrogen) atoms. The minimum atomic E-state index is -0.162. The van der Waals surface area contributed by atoms with E-state index in [9.17, 15) is 9.59 Å². The molecule has 0 aliphatic carbocycles. The molecule has 0 atom stereocenters. The van der Waals surface area contributed by atoms with E-state index >= 15 is 0 Å². The standard InChI is InChI=1S/C14H12Br2N2O2S/c1-17-12(19)6-8-2-4-9(5-3-8)18-14(20)11-7-10(15)13(16)21-11/h2-5,7H,6H2,1H3,(H,17,19)(H,18,20). The maximum atomic E-state index is 12.1. The Morgan fingerprint density at radius 3 is 2.38 bits per heavy atom. The van der Waals surface area contributed by atoms with Crippen molar-refractivity contribution >= 4 is 60.7 Å². The average molecular weight is 432 g/mol. The van der Waals surface area contributed by atoms with E-state index in [1.165, 1.54) is 11.3 Å². The van der Waals surface area contributed by atoms with Crippen molar-refractivity contribution in [1.29, 1.82) is 0 Å². The van der Waals surface area contributed by atoms with Gasteiger partial charge in [0.15, 0.2) is 0 Å². The Labute approximate surface area is 143 Å². The van der Waals surface area contributed by atoms with Crippen molar-refractivity contribution in [2.45, 2.75) is 6.42 Å². The Kier molecular flexibility index (Phi) is 5.55. The number of thiophene rings is 1. The van der Waals surface area contributed by atoms with Crippen LogP contribution in [0.5, 0.6) is 0 Å². The highest BCUT2D eigenvalue weighted by Gasteiger charge is 2.12. The smallest absolute Gasteiger partial charge is 0.265 e. The predicted octanol–water partition coefficient (Wildman–Crippen LogP) is 3.81. The van der Waals surface area contributed by atoms with Crippen molar-refractivity contribution < 1.29 is 9.59 Å². The van der Waals surface area contributed by atoms with Crippen LogP contribution in [0.1, 0.15) is 15.2 Å². The zero-order valence-corrected chi connectivity index (χ0v) is 15.1. The number of hydrogen-bond acceptors (Lipinski definition) is 3. The Morgan fingerprint density at radius 2 is 1.86 bits per heavy atom. The second-order valence-corrected chi connectivity index (χ2v) is 7.46. The van der Waals surface area contributed by atoms with Crippen LogP contribution in [0.3, 0.4) is 0 Å². The van der Waals surface area contributed by atoms with Crippen molar-refractivity contribution in [1.82, 2.24) is 5.32 Å². The van der Waals surface area contributed by atoms with E-state index in [0.29, 0.717) is 17.0 Å². The van der Waals surface area contributed by atoms with Crippen LogP contribution < -0.4 is 10.6 Å². The summed E-state index contributed by atoms with van der Waals surface area (Å²) in [7, 11) is 1.61. The Bertz CT molecular complexity index is 649. The lowest BCUT2D eigenvalue weighted by Gasteiger charge is -2.05. The fourth-order valence-electron chi connectivity index (χ4n) is 1.63. The number of anilines is 1. The third-order valence-corrected chi connectivity index (χ3v) is 5.98. The van der Waals surface area contributed by atoms with Crippen molar-refractivity contribution in [3.8, 4) is 0 Å². The van der Waals surface area contributed by atoms with Crippen molar-refractivity contribution in [3.63, 3.8) is 0 Å². The molecular weight excluding hydrogens is 420 g/mol. The normalized spacial score (nSPS) is 10.2. The van der Waals surface area contributed by atoms with Crippen LogP contribution >= 0.6 is 43.2 Å². The van der Waals surface area contributed by atoms with Gasteiger partial charge in [-0.15, -0.1) is 11.3 Å². The van der Waals surface area contributed by atoms with E-state index in [4.69, 9.17) is 0 Å². The lowest BCUT2D eigenvalue weighted by molar-refractivity contribution is -0.119. The van der Waals surface area contributed by atoms with Gasteiger partial charge in [0.1, 0.15) is 0 Å². The van der Waals surface area contributed by atoms with E-state index in [0.717, 1.165) is 13.8 Å². The molecule has 0 saturated carbocycles. The van der Waals surface area contributed by atoms with Gasteiger partial charge in [-0.1, -0.05) is 12.1 Å². The van der Waals surface area contributed by atoms with Gasteiger partial charge in [0.25, 0.3) is 5.91 Å². The topological polar surface area (TPSA) is 58.2 Å². The van der Waals surface area contributed by atoms with Crippen LogP contribution in [-0.2, 0) is 11.2 Å². The van der Waals surface area contributed by atoms with E-state index < -0.39 is 0 Å². The second-order valence-electron chi connectivity index (χ2n) is 4.23. The number of halogens is 2. The molecule has 1 aromatic heterocycles. The average Bonchev–Trinajstić information content (AvgIpc) is 2.81. The van der Waals surface area contributed by atoms with Crippen LogP contribution in [0.25, 0.3) is 0 Å². The molecule has 0 radical (unpaired) electrons. The molecule has 0 saturated heterocycles. The van der Waals surface area contributed by atoms with Gasteiger partial charge in [0.2, 0.25) is 5.91 Å². The quantitative estimate of drug-likeness (QED) is 0.773. The molecule has 110 valence electrons. The van der Waals surface area contributed by atoms with Crippen molar-refractivity contribution in [2.24, 2.45) is 0 Å². The van der Waals surface area contributed by atoms with Gasteiger partial charge in [-0.2, -0.15) is 0 Å². The van der Waals surface area contributed by atoms with Gasteiger partial charge >= 0.3 is 0 Å². The lowest BCUT2D eigenvalue weighted by Crippen LogP contribution is -2.19. The highest BCUT2D eigenvalue weighted by Crippen LogP contribution is 2.32. The zero-order chi connectivity index (χ0) is 15.4. The first-order valence-corrected chi connectivity index (χ1v) is 8.45. The molecule has 0 fully saturated rings. The third kappa shape index (κ3) is 4.39. The Morgan fingerprint density at radius 1 is 1.19 bits per heavy atom. The molecule has 0 spiro atoms. The molecule has 0 unspecified atom stereocenters. The van der Waals surface area contributed by atoms with Gasteiger partial charge in [0.05, 0.1) is 15.1 Å². The monoisotopic (exact) mass is 430 g/mol. The van der Waals surface area contributed by atoms with E-state index in [2.05, 4.69) is 42.5 Å². The summed E-state index contributed by atoms with van der Waals surface area (Å²) in [6, 6.07) is 8.99. The number of hydrogen-bond donors (Lipinski definition) is 2. The van der Waals surface area contributed by atoms with Crippen LogP contribution in [0.15, 0.2) is 38.6 Å². The first-order chi connectivity index (χ1) is 9.99. The molecule has 2 N–H and O–H groups in total. The molecule has 2 amide bonds. The first kappa shape index (κ1) is 16.2. The molecule has 2 aromatic rings. The second kappa shape index (κ2) is 7.20. The Balaban J connectivity index is 2.03. The number of carbonyl (C=O) groups is 2. The van der Waals surface area contributed by atoms with E-state index in [-0.39, 0.29) is 11.8 Å². The summed E-state index contributed by atoms with van der Waals surface area (Å²) in [6.07, 6.45) is 0.329. The van der Waals surface area contributed by atoms with Gasteiger partial charge in [-0.25, -0.2) is 0 Å². The molecule has 2 rings (SSSR count). The van der Waals surface area contributed by atoms with Crippen LogP contribution in [0.4, 0.5) is 5.69 Å². The number of benzene rings is 1. The van der Waals surface area contributed by atoms with Crippen molar-refractivity contribution in [3.05, 3.63) is 49.0 Å². The number of nitrogens with one attached hydrogen (secondary N) is 2. The minimum absolute atomic E-state index is 0.0416. The summed E-state index contributed by atoms with van der Waals surface area (Å²) in [5.41, 5.74) is 1.59. The molecule has 0 aliphatic heterocycles. The lowest BCUT2D eigenvalue weighted by atomic mass is 10.1. The van der Waals surface area contributed by atoms with Gasteiger partial charge in [-0.3, -0.25) is 9.59 Å². The molecule has 7 heteroatoms. The molecule has 0 aliphatic rings. The molecule has 0 bridgehead atoms. The van der Waals surface area contributed by atoms with E-state index in [1.54, 1.807) is 25.2 Å². The summed E-state index contributed by atoms with van der Waals surface area (Å²) < 4.78 is 1.74. The minimum Gasteiger partial charge on any atom is -0.359 e. The van der Waals surface area contributed by atoms with E-state index in [1.807, 2.05) is 12.1 Å². The molecule has 4 nitrogen and oxygen atoms in total. The maximum absolute atomic E-state index is 12.1. The van der Waals surface area contributed by atoms with Gasteiger partial charge in [-0.05, 0) is 55.6 Å². The summed E-state index contributed by atoms with van der Waals surface area (Å²) in [6.45, 7) is 0. The zero-order valence-electron chi connectivity index (χ0n) is 11.1. The van der Waals surface area contributed by atoms with Crippen molar-refractivity contribution in [2.75, 3.05) is 12.4 Å². The third-order valence-electron chi connectivity index (χ3n) is 2.72. The molecular formula is C14H12Br2N2O2S. The highest BCUT2D eigenvalue weighted by atomic mass is 79.9. The largest absolute Gasteiger partial charge is 0.359 e. The van der Waals surface area contributed by atoms with Crippen LogP contribution in [0, 0.1) is 0 Å². The highest BCUT2D eigenvalue weighted by molar-refractivity contribution is 9.13. The number of carbonyl (C=O) groups excluding carboxylic acids is 2.